The van der Waals surface area contributed by atoms with Gasteiger partial charge in [-0.2, -0.15) is 0 Å². The molecule has 2 N–H and O–H groups in total. The van der Waals surface area contributed by atoms with Gasteiger partial charge in [-0.05, 0) is 46.3 Å². The lowest BCUT2D eigenvalue weighted by atomic mass is 10.2. The van der Waals surface area contributed by atoms with Crippen LogP contribution >= 0.6 is 15.9 Å². The summed E-state index contributed by atoms with van der Waals surface area (Å²) in [6, 6.07) is 10.9. The molecule has 1 aromatic heterocycles. The number of nitrogens with one attached hydrogen (secondary N) is 1. The summed E-state index contributed by atoms with van der Waals surface area (Å²) < 4.78 is 13.7. The minimum atomic E-state index is -0.340. The first-order valence-electron chi connectivity index (χ1n) is 5.81. The second kappa shape index (κ2) is 5.05. The van der Waals surface area contributed by atoms with Gasteiger partial charge in [-0.1, -0.05) is 6.07 Å². The zero-order valence-electron chi connectivity index (χ0n) is 10.1. The highest BCUT2D eigenvalue weighted by Crippen LogP contribution is 2.26. The molecular formula is C14H9BrFN3O. The number of benzene rings is 2. The number of halogens is 2. The van der Waals surface area contributed by atoms with Gasteiger partial charge >= 0.3 is 0 Å². The molecule has 0 fully saturated rings. The summed E-state index contributed by atoms with van der Waals surface area (Å²) in [5.74, 6) is 0.105. The third-order valence-electron chi connectivity index (χ3n) is 2.71. The molecule has 20 heavy (non-hydrogen) atoms. The lowest BCUT2D eigenvalue weighted by molar-refractivity contribution is 0.476. The Labute approximate surface area is 122 Å². The van der Waals surface area contributed by atoms with Crippen LogP contribution in [0.1, 0.15) is 0 Å². The number of phenols is 1. The van der Waals surface area contributed by atoms with Gasteiger partial charge in [-0.3, -0.25) is 0 Å². The average Bonchev–Trinajstić information content (AvgIpc) is 2.38. The lowest BCUT2D eigenvalue weighted by Gasteiger charge is -2.07. The molecular weight excluding hydrogens is 325 g/mol. The predicted octanol–water partition coefficient (Wildman–Crippen LogP) is 3.98. The first kappa shape index (κ1) is 12.8. The number of aromatic hydroxyl groups is 1. The Hall–Kier alpha value is -2.21. The largest absolute Gasteiger partial charge is 0.508 e. The molecule has 0 atom stereocenters. The summed E-state index contributed by atoms with van der Waals surface area (Å²) in [6.45, 7) is 0. The molecule has 0 saturated heterocycles. The van der Waals surface area contributed by atoms with E-state index >= 15 is 0 Å². The summed E-state index contributed by atoms with van der Waals surface area (Å²) in [6.07, 6.45) is 0. The molecule has 6 heteroatoms. The fourth-order valence-electron chi connectivity index (χ4n) is 1.83. The summed E-state index contributed by atoms with van der Waals surface area (Å²) in [4.78, 5) is 8.53. The van der Waals surface area contributed by atoms with Crippen molar-refractivity contribution in [1.82, 2.24) is 9.97 Å². The molecule has 0 aliphatic heterocycles. The van der Waals surface area contributed by atoms with Crippen LogP contribution in [0.15, 0.2) is 47.1 Å². The van der Waals surface area contributed by atoms with E-state index in [9.17, 15) is 9.50 Å². The van der Waals surface area contributed by atoms with Crippen LogP contribution in [0.25, 0.3) is 10.9 Å². The van der Waals surface area contributed by atoms with Crippen LogP contribution in [0.2, 0.25) is 0 Å². The molecule has 0 saturated carbocycles. The van der Waals surface area contributed by atoms with E-state index in [1.165, 1.54) is 12.1 Å². The lowest BCUT2D eigenvalue weighted by Crippen LogP contribution is -1.98. The van der Waals surface area contributed by atoms with Crippen LogP contribution in [0.5, 0.6) is 5.75 Å². The molecule has 4 nitrogen and oxygen atoms in total. The number of phenolic OH excluding ortho intramolecular Hbond substituents is 1. The smallest absolute Gasteiger partial charge is 0.228 e. The van der Waals surface area contributed by atoms with Crippen LogP contribution in [0.3, 0.4) is 0 Å². The number of aromatic nitrogens is 2. The number of hydrogen-bond donors (Lipinski definition) is 2. The normalized spacial score (nSPS) is 10.7. The van der Waals surface area contributed by atoms with Crippen molar-refractivity contribution in [3.63, 3.8) is 0 Å². The monoisotopic (exact) mass is 333 g/mol. The van der Waals surface area contributed by atoms with E-state index in [0.717, 1.165) is 5.39 Å². The van der Waals surface area contributed by atoms with Crippen LogP contribution < -0.4 is 5.32 Å². The number of nitrogens with zero attached hydrogens (tertiary/aromatic N) is 2. The van der Waals surface area contributed by atoms with Crippen molar-refractivity contribution in [3.05, 3.63) is 52.9 Å². The minimum absolute atomic E-state index is 0.125. The average molecular weight is 334 g/mol. The molecule has 3 rings (SSSR count). The van der Waals surface area contributed by atoms with Gasteiger partial charge in [0.05, 0.1) is 5.52 Å². The van der Waals surface area contributed by atoms with Crippen molar-refractivity contribution in [1.29, 1.82) is 0 Å². The fourth-order valence-corrected chi connectivity index (χ4v) is 2.33. The fraction of sp³-hybridized carbons (Fsp3) is 0. The topological polar surface area (TPSA) is 58.0 Å². The minimum Gasteiger partial charge on any atom is -0.508 e. The van der Waals surface area contributed by atoms with Gasteiger partial charge < -0.3 is 10.4 Å². The van der Waals surface area contributed by atoms with E-state index in [1.54, 1.807) is 30.3 Å². The Balaban J connectivity index is 2.04. The molecule has 0 bridgehead atoms. The van der Waals surface area contributed by atoms with E-state index in [2.05, 4.69) is 31.2 Å². The molecule has 3 aromatic rings. The first-order valence-corrected chi connectivity index (χ1v) is 6.60. The summed E-state index contributed by atoms with van der Waals surface area (Å²) in [5, 5.41) is 13.2. The zero-order valence-corrected chi connectivity index (χ0v) is 11.7. The molecule has 100 valence electrons. The van der Waals surface area contributed by atoms with Crippen molar-refractivity contribution in [2.75, 3.05) is 5.32 Å². The maximum absolute atomic E-state index is 13.1. The van der Waals surface area contributed by atoms with E-state index < -0.39 is 0 Å². The quantitative estimate of drug-likeness (QED) is 0.696. The summed E-state index contributed by atoms with van der Waals surface area (Å²) in [7, 11) is 0. The standard InChI is InChI=1S/C14H9BrFN3O/c15-13-11-5-4-10(20)7-12(11)18-14(19-13)17-9-3-1-2-8(16)6-9/h1-7,20H,(H,17,18,19). The second-order valence-electron chi connectivity index (χ2n) is 4.17. The molecule has 0 spiro atoms. The van der Waals surface area contributed by atoms with Crippen LogP contribution in [0.4, 0.5) is 16.0 Å². The molecule has 0 aliphatic carbocycles. The highest BCUT2D eigenvalue weighted by Gasteiger charge is 2.07. The SMILES string of the molecule is Oc1ccc2c(Br)nc(Nc3cccc(F)c3)nc2c1. The van der Waals surface area contributed by atoms with Gasteiger partial charge in [0.1, 0.15) is 16.2 Å². The Bertz CT molecular complexity index is 794. The van der Waals surface area contributed by atoms with Gasteiger partial charge in [0.2, 0.25) is 5.95 Å². The maximum atomic E-state index is 13.1. The van der Waals surface area contributed by atoms with Crippen LogP contribution in [-0.4, -0.2) is 15.1 Å². The van der Waals surface area contributed by atoms with Crippen LogP contribution in [0, 0.1) is 5.82 Å². The number of hydrogen-bond acceptors (Lipinski definition) is 4. The van der Waals surface area contributed by atoms with E-state index in [-0.39, 0.29) is 11.6 Å². The number of anilines is 2. The molecule has 0 amide bonds. The molecule has 0 radical (unpaired) electrons. The predicted molar refractivity (Wildman–Crippen MR) is 78.6 cm³/mol. The zero-order chi connectivity index (χ0) is 14.1. The summed E-state index contributed by atoms with van der Waals surface area (Å²) in [5.41, 5.74) is 1.14. The Kier molecular flexibility index (Phi) is 3.23. The van der Waals surface area contributed by atoms with E-state index in [1.807, 2.05) is 0 Å². The Morgan fingerprint density at radius 1 is 1.10 bits per heavy atom. The van der Waals surface area contributed by atoms with Gasteiger partial charge in [-0.25, -0.2) is 14.4 Å². The van der Waals surface area contributed by atoms with Gasteiger partial charge in [-0.15, -0.1) is 0 Å². The van der Waals surface area contributed by atoms with Crippen molar-refractivity contribution >= 4 is 38.5 Å². The second-order valence-corrected chi connectivity index (χ2v) is 4.93. The Morgan fingerprint density at radius 2 is 1.95 bits per heavy atom. The third kappa shape index (κ3) is 2.55. The van der Waals surface area contributed by atoms with Crippen molar-refractivity contribution in [3.8, 4) is 5.75 Å². The third-order valence-corrected chi connectivity index (χ3v) is 3.32. The maximum Gasteiger partial charge on any atom is 0.228 e. The van der Waals surface area contributed by atoms with Gasteiger partial charge in [0.15, 0.2) is 0 Å². The number of fused-ring (bicyclic) bond motifs is 1. The van der Waals surface area contributed by atoms with Crippen molar-refractivity contribution in [2.24, 2.45) is 0 Å². The summed E-state index contributed by atoms with van der Waals surface area (Å²) >= 11 is 3.35. The number of rotatable bonds is 2. The molecule has 1 heterocycles. The first-order chi connectivity index (χ1) is 9.61. The molecule has 0 unspecified atom stereocenters. The van der Waals surface area contributed by atoms with Crippen LogP contribution in [-0.2, 0) is 0 Å². The highest BCUT2D eigenvalue weighted by atomic mass is 79.9. The molecule has 0 aliphatic rings. The molecule has 2 aromatic carbocycles. The van der Waals surface area contributed by atoms with Crippen molar-refractivity contribution in [2.45, 2.75) is 0 Å². The highest BCUT2D eigenvalue weighted by molar-refractivity contribution is 9.10. The Morgan fingerprint density at radius 3 is 2.75 bits per heavy atom. The van der Waals surface area contributed by atoms with E-state index in [0.29, 0.717) is 21.8 Å². The van der Waals surface area contributed by atoms with Gasteiger partial charge in [0, 0.05) is 17.1 Å². The van der Waals surface area contributed by atoms with Crippen molar-refractivity contribution < 1.29 is 9.50 Å². The van der Waals surface area contributed by atoms with Gasteiger partial charge in [0.25, 0.3) is 0 Å². The van der Waals surface area contributed by atoms with E-state index in [4.69, 9.17) is 0 Å².